The fourth-order valence-corrected chi connectivity index (χ4v) is 3.40. The maximum atomic E-state index is 6.40. The highest BCUT2D eigenvalue weighted by Gasteiger charge is 2.33. The van der Waals surface area contributed by atoms with E-state index in [0.717, 1.165) is 35.8 Å². The van der Waals surface area contributed by atoms with Crippen molar-refractivity contribution in [2.24, 2.45) is 11.7 Å². The van der Waals surface area contributed by atoms with Gasteiger partial charge in [0.05, 0.1) is 12.1 Å². The minimum absolute atomic E-state index is 0.349. The van der Waals surface area contributed by atoms with Crippen LogP contribution in [0.5, 0.6) is 5.75 Å². The molecule has 2 rings (SSSR count). The molecule has 106 valence electrons. The highest BCUT2D eigenvalue weighted by Crippen LogP contribution is 2.44. The number of benzene rings is 1. The van der Waals surface area contributed by atoms with Crippen molar-refractivity contribution in [3.8, 4) is 5.75 Å². The molecule has 0 aromatic heterocycles. The van der Waals surface area contributed by atoms with Gasteiger partial charge in [-0.05, 0) is 50.9 Å². The second-order valence-corrected chi connectivity index (χ2v) is 5.94. The Kier molecular flexibility index (Phi) is 4.39. The molecule has 1 saturated heterocycles. The number of methoxy groups -OCH3 is 1. The topological polar surface area (TPSA) is 38.5 Å². The summed E-state index contributed by atoms with van der Waals surface area (Å²) in [6, 6.07) is 2.49. The van der Waals surface area contributed by atoms with Gasteiger partial charge in [-0.3, -0.25) is 4.90 Å². The van der Waals surface area contributed by atoms with E-state index < -0.39 is 0 Å². The lowest BCUT2D eigenvalue weighted by Gasteiger charge is -2.25. The molecule has 0 spiro atoms. The Morgan fingerprint density at radius 3 is 2.63 bits per heavy atom. The number of ether oxygens (including phenoxy) is 1. The average molecular weight is 283 g/mol. The highest BCUT2D eigenvalue weighted by atomic mass is 35.5. The van der Waals surface area contributed by atoms with Gasteiger partial charge in [0.2, 0.25) is 0 Å². The van der Waals surface area contributed by atoms with Crippen molar-refractivity contribution in [2.45, 2.75) is 26.3 Å². The van der Waals surface area contributed by atoms with Gasteiger partial charge in [-0.15, -0.1) is 0 Å². The number of halogens is 1. The minimum atomic E-state index is 0.349. The number of nitrogens with zero attached hydrogens (tertiary/aromatic N) is 1. The summed E-state index contributed by atoms with van der Waals surface area (Å²) in [5.41, 5.74) is 9.34. The van der Waals surface area contributed by atoms with Crippen LogP contribution in [0.3, 0.4) is 0 Å². The van der Waals surface area contributed by atoms with E-state index in [0.29, 0.717) is 12.0 Å². The third-order valence-corrected chi connectivity index (χ3v) is 4.62. The molecule has 0 bridgehead atoms. The van der Waals surface area contributed by atoms with Gasteiger partial charge >= 0.3 is 0 Å². The van der Waals surface area contributed by atoms with Crippen molar-refractivity contribution >= 4 is 11.6 Å². The Morgan fingerprint density at radius 1 is 1.42 bits per heavy atom. The van der Waals surface area contributed by atoms with E-state index in [2.05, 4.69) is 24.9 Å². The van der Waals surface area contributed by atoms with Crippen molar-refractivity contribution in [1.82, 2.24) is 4.90 Å². The summed E-state index contributed by atoms with van der Waals surface area (Å²) >= 11 is 6.40. The van der Waals surface area contributed by atoms with E-state index in [-0.39, 0.29) is 0 Å². The minimum Gasteiger partial charge on any atom is -0.495 e. The molecule has 1 aliphatic rings. The lowest BCUT2D eigenvalue weighted by atomic mass is 9.94. The quantitative estimate of drug-likeness (QED) is 0.926. The Bertz CT molecular complexity index is 476. The predicted molar refractivity (Wildman–Crippen MR) is 80.0 cm³/mol. The molecule has 1 aromatic rings. The van der Waals surface area contributed by atoms with Crippen molar-refractivity contribution in [3.63, 3.8) is 0 Å². The third kappa shape index (κ3) is 2.60. The number of likely N-dealkylation sites (tertiary alicyclic amines) is 1. The van der Waals surface area contributed by atoms with Gasteiger partial charge in [0.15, 0.2) is 0 Å². The second-order valence-electron chi connectivity index (χ2n) is 5.56. The Hall–Kier alpha value is -0.770. The first kappa shape index (κ1) is 14.6. The molecule has 1 fully saturated rings. The SMILES string of the molecule is COc1c(Cl)c(C)cc(C)c1C1CC(CN)CN1C. The van der Waals surface area contributed by atoms with Crippen molar-refractivity contribution in [1.29, 1.82) is 0 Å². The number of hydrogen-bond acceptors (Lipinski definition) is 3. The molecule has 4 heteroatoms. The van der Waals surface area contributed by atoms with Crippen molar-refractivity contribution in [2.75, 3.05) is 27.2 Å². The summed E-state index contributed by atoms with van der Waals surface area (Å²) < 4.78 is 5.58. The molecule has 3 nitrogen and oxygen atoms in total. The molecule has 0 aliphatic carbocycles. The van der Waals surface area contributed by atoms with Gasteiger partial charge < -0.3 is 10.5 Å². The smallest absolute Gasteiger partial charge is 0.142 e. The molecule has 1 heterocycles. The molecule has 1 aromatic carbocycles. The first-order chi connectivity index (χ1) is 8.99. The van der Waals surface area contributed by atoms with E-state index in [9.17, 15) is 0 Å². The third-order valence-electron chi connectivity index (χ3n) is 4.15. The van der Waals surface area contributed by atoms with Crippen LogP contribution in [0.25, 0.3) is 0 Å². The number of aryl methyl sites for hydroxylation is 2. The zero-order chi connectivity index (χ0) is 14.2. The van der Waals surface area contributed by atoms with Gasteiger partial charge in [-0.1, -0.05) is 17.7 Å². The number of hydrogen-bond donors (Lipinski definition) is 1. The van der Waals surface area contributed by atoms with Crippen LogP contribution in [-0.2, 0) is 0 Å². The van der Waals surface area contributed by atoms with Crippen LogP contribution >= 0.6 is 11.6 Å². The molecule has 19 heavy (non-hydrogen) atoms. The maximum Gasteiger partial charge on any atom is 0.142 e. The number of rotatable bonds is 3. The summed E-state index contributed by atoms with van der Waals surface area (Å²) in [6.07, 6.45) is 1.07. The standard InChI is InChI=1S/C15H23ClN2O/c1-9-5-10(2)14(16)15(19-4)13(9)12-6-11(7-17)8-18(12)3/h5,11-12H,6-8,17H2,1-4H3. The Morgan fingerprint density at radius 2 is 2.11 bits per heavy atom. The van der Waals surface area contributed by atoms with Crippen LogP contribution in [0.15, 0.2) is 6.07 Å². The molecule has 0 amide bonds. The van der Waals surface area contributed by atoms with Crippen LogP contribution in [0, 0.1) is 19.8 Å². The zero-order valence-electron chi connectivity index (χ0n) is 12.2. The normalized spacial score (nSPS) is 23.9. The molecule has 2 atom stereocenters. The van der Waals surface area contributed by atoms with Gasteiger partial charge in [0.1, 0.15) is 5.75 Å². The maximum absolute atomic E-state index is 6.40. The fraction of sp³-hybridized carbons (Fsp3) is 0.600. The Labute approximate surface area is 120 Å². The van der Waals surface area contributed by atoms with E-state index in [1.54, 1.807) is 7.11 Å². The molecule has 0 radical (unpaired) electrons. The Balaban J connectivity index is 2.47. The predicted octanol–water partition coefficient (Wildman–Crippen LogP) is 2.92. The first-order valence-corrected chi connectivity index (χ1v) is 7.11. The van der Waals surface area contributed by atoms with Crippen molar-refractivity contribution < 1.29 is 4.74 Å². The summed E-state index contributed by atoms with van der Waals surface area (Å²) in [5, 5.41) is 0.729. The van der Waals surface area contributed by atoms with E-state index >= 15 is 0 Å². The summed E-state index contributed by atoms with van der Waals surface area (Å²) in [5.74, 6) is 1.38. The van der Waals surface area contributed by atoms with Crippen molar-refractivity contribution in [3.05, 3.63) is 27.8 Å². The highest BCUT2D eigenvalue weighted by molar-refractivity contribution is 6.33. The van der Waals surface area contributed by atoms with E-state index in [1.807, 2.05) is 6.92 Å². The van der Waals surface area contributed by atoms with Gasteiger partial charge in [-0.2, -0.15) is 0 Å². The summed E-state index contributed by atoms with van der Waals surface area (Å²) in [7, 11) is 3.84. The van der Waals surface area contributed by atoms with Crippen LogP contribution in [0.1, 0.15) is 29.2 Å². The number of nitrogens with two attached hydrogens (primary N) is 1. The van der Waals surface area contributed by atoms with Crippen LogP contribution < -0.4 is 10.5 Å². The van der Waals surface area contributed by atoms with Crippen LogP contribution in [0.2, 0.25) is 5.02 Å². The van der Waals surface area contributed by atoms with Gasteiger partial charge in [0, 0.05) is 18.2 Å². The molecule has 0 saturated carbocycles. The monoisotopic (exact) mass is 282 g/mol. The fourth-order valence-electron chi connectivity index (χ4n) is 3.17. The van der Waals surface area contributed by atoms with Crippen LogP contribution in [-0.4, -0.2) is 32.1 Å². The largest absolute Gasteiger partial charge is 0.495 e. The lowest BCUT2D eigenvalue weighted by molar-refractivity contribution is 0.302. The molecular weight excluding hydrogens is 260 g/mol. The summed E-state index contributed by atoms with van der Waals surface area (Å²) in [6.45, 7) is 5.92. The van der Waals surface area contributed by atoms with Crippen LogP contribution in [0.4, 0.5) is 0 Å². The molecule has 1 aliphatic heterocycles. The molecular formula is C15H23ClN2O. The first-order valence-electron chi connectivity index (χ1n) is 6.73. The zero-order valence-corrected chi connectivity index (χ0v) is 12.9. The van der Waals surface area contributed by atoms with E-state index in [4.69, 9.17) is 22.1 Å². The van der Waals surface area contributed by atoms with Gasteiger partial charge in [0.25, 0.3) is 0 Å². The lowest BCUT2D eigenvalue weighted by Crippen LogP contribution is -2.21. The molecule has 2 unspecified atom stereocenters. The average Bonchev–Trinajstić information content (AvgIpc) is 2.74. The summed E-state index contributed by atoms with van der Waals surface area (Å²) in [4.78, 5) is 2.36. The second kappa shape index (κ2) is 5.70. The van der Waals surface area contributed by atoms with Gasteiger partial charge in [-0.25, -0.2) is 0 Å². The van der Waals surface area contributed by atoms with E-state index in [1.165, 1.54) is 11.1 Å². The molecule has 2 N–H and O–H groups in total.